The monoisotopic (exact) mass is 269 g/mol. The highest BCUT2D eigenvalue weighted by atomic mass is 32.2. The van der Waals surface area contributed by atoms with Crippen LogP contribution in [0.25, 0.3) is 0 Å². The minimum absolute atomic E-state index is 0.257. The Balaban J connectivity index is 1.82. The molecule has 1 fully saturated rings. The summed E-state index contributed by atoms with van der Waals surface area (Å²) < 4.78 is 23.9. The average Bonchev–Trinajstić information content (AvgIpc) is 2.41. The van der Waals surface area contributed by atoms with Gasteiger partial charge >= 0.3 is 0 Å². The van der Waals surface area contributed by atoms with Gasteiger partial charge in [-0.15, -0.1) is 0 Å². The first-order valence-corrected chi connectivity index (χ1v) is 7.89. The summed E-state index contributed by atoms with van der Waals surface area (Å²) in [6.45, 7) is 0.257. The number of rotatable bonds is 5. The predicted molar refractivity (Wildman–Crippen MR) is 70.2 cm³/mol. The highest BCUT2D eigenvalue weighted by Crippen LogP contribution is 2.22. The first-order chi connectivity index (χ1) is 8.68. The second-order valence-corrected chi connectivity index (χ2v) is 6.59. The molecule has 0 radical (unpaired) electrons. The Morgan fingerprint density at radius 1 is 1.11 bits per heavy atom. The number of benzene rings is 1. The van der Waals surface area contributed by atoms with Gasteiger partial charge in [-0.2, -0.15) is 0 Å². The Labute approximate surface area is 108 Å². The number of hydrogen-bond donors (Lipinski definition) is 1. The van der Waals surface area contributed by atoms with Crippen LogP contribution in [0.2, 0.25) is 0 Å². The Morgan fingerprint density at radius 2 is 1.78 bits per heavy atom. The van der Waals surface area contributed by atoms with Crippen LogP contribution in [0.4, 0.5) is 0 Å². The van der Waals surface area contributed by atoms with E-state index in [1.165, 1.54) is 0 Å². The molecule has 1 aliphatic rings. The van der Waals surface area contributed by atoms with Crippen LogP contribution in [-0.4, -0.2) is 13.7 Å². The van der Waals surface area contributed by atoms with Gasteiger partial charge in [-0.25, -0.2) is 8.42 Å². The fourth-order valence-electron chi connectivity index (χ4n) is 2.21. The van der Waals surface area contributed by atoms with Crippen molar-refractivity contribution in [2.45, 2.75) is 44.0 Å². The maximum absolute atomic E-state index is 11.9. The molecule has 0 aliphatic heterocycles. The van der Waals surface area contributed by atoms with Gasteiger partial charge in [0.2, 0.25) is 10.0 Å². The Kier molecular flexibility index (Phi) is 4.74. The summed E-state index contributed by atoms with van der Waals surface area (Å²) in [5.41, 5.74) is 0.948. The molecule has 0 atom stereocenters. The van der Waals surface area contributed by atoms with E-state index in [4.69, 9.17) is 4.84 Å². The second-order valence-electron chi connectivity index (χ2n) is 4.66. The molecule has 0 amide bonds. The van der Waals surface area contributed by atoms with E-state index >= 15 is 0 Å². The second kappa shape index (κ2) is 6.31. The van der Waals surface area contributed by atoms with Gasteiger partial charge in [0.25, 0.3) is 0 Å². The normalized spacial score (nSPS) is 17.8. The van der Waals surface area contributed by atoms with E-state index in [-0.39, 0.29) is 11.9 Å². The third-order valence-corrected chi connectivity index (χ3v) is 4.95. The Hall–Kier alpha value is -0.910. The largest absolute Gasteiger partial charge is 0.282 e. The van der Waals surface area contributed by atoms with Crippen molar-refractivity contribution in [3.8, 4) is 0 Å². The van der Waals surface area contributed by atoms with Gasteiger partial charge in [0, 0.05) is 0 Å². The van der Waals surface area contributed by atoms with E-state index in [1.54, 1.807) is 0 Å². The molecule has 1 aliphatic carbocycles. The molecule has 0 heterocycles. The zero-order chi connectivity index (χ0) is 12.8. The highest BCUT2D eigenvalue weighted by Gasteiger charge is 2.27. The van der Waals surface area contributed by atoms with Crippen LogP contribution in [0.1, 0.15) is 37.7 Å². The summed E-state index contributed by atoms with van der Waals surface area (Å²) in [6, 6.07) is 9.50. The number of nitrogens with one attached hydrogen (secondary N) is 1. The quantitative estimate of drug-likeness (QED) is 0.835. The maximum Gasteiger partial charge on any atom is 0.236 e. The van der Waals surface area contributed by atoms with Gasteiger partial charge < -0.3 is 0 Å². The van der Waals surface area contributed by atoms with Crippen molar-refractivity contribution in [3.63, 3.8) is 0 Å². The molecule has 1 aromatic rings. The Morgan fingerprint density at radius 3 is 2.44 bits per heavy atom. The topological polar surface area (TPSA) is 55.4 Å². The molecule has 0 spiro atoms. The molecule has 5 heteroatoms. The summed E-state index contributed by atoms with van der Waals surface area (Å²) in [4.78, 5) is 7.35. The van der Waals surface area contributed by atoms with Gasteiger partial charge in [0.15, 0.2) is 0 Å². The molecular weight excluding hydrogens is 250 g/mol. The van der Waals surface area contributed by atoms with Crippen LogP contribution in [0, 0.1) is 0 Å². The van der Waals surface area contributed by atoms with Crippen molar-refractivity contribution in [2.75, 3.05) is 0 Å². The van der Waals surface area contributed by atoms with Gasteiger partial charge in [0.1, 0.15) is 0 Å². The first kappa shape index (κ1) is 13.5. The zero-order valence-electron chi connectivity index (χ0n) is 10.3. The lowest BCUT2D eigenvalue weighted by atomic mass is 10.0. The zero-order valence-corrected chi connectivity index (χ0v) is 11.2. The van der Waals surface area contributed by atoms with Crippen molar-refractivity contribution in [1.29, 1.82) is 0 Å². The molecule has 0 saturated heterocycles. The maximum atomic E-state index is 11.9. The van der Waals surface area contributed by atoms with E-state index in [9.17, 15) is 8.42 Å². The molecule has 18 heavy (non-hydrogen) atoms. The van der Waals surface area contributed by atoms with Crippen molar-refractivity contribution in [1.82, 2.24) is 4.89 Å². The van der Waals surface area contributed by atoms with Gasteiger partial charge in [-0.05, 0) is 18.4 Å². The van der Waals surface area contributed by atoms with Gasteiger partial charge in [-0.1, -0.05) is 54.5 Å². The standard InChI is InChI=1S/C13H19NO3S/c15-18(16,13-9-5-2-6-10-13)14-17-11-12-7-3-1-4-8-12/h1,3-4,7-8,13-14H,2,5-6,9-11H2. The summed E-state index contributed by atoms with van der Waals surface area (Å²) in [7, 11) is -3.33. The lowest BCUT2D eigenvalue weighted by molar-refractivity contribution is 0.0784. The summed E-state index contributed by atoms with van der Waals surface area (Å²) in [5, 5.41) is -0.290. The lowest BCUT2D eigenvalue weighted by Gasteiger charge is -2.21. The van der Waals surface area contributed by atoms with E-state index < -0.39 is 10.0 Å². The molecular formula is C13H19NO3S. The van der Waals surface area contributed by atoms with Gasteiger partial charge in [0.05, 0.1) is 11.9 Å². The fourth-order valence-corrected chi connectivity index (χ4v) is 3.53. The van der Waals surface area contributed by atoms with E-state index in [2.05, 4.69) is 4.89 Å². The Bertz CT molecular complexity index is 452. The molecule has 2 rings (SSSR count). The molecule has 0 unspecified atom stereocenters. The minimum Gasteiger partial charge on any atom is -0.282 e. The van der Waals surface area contributed by atoms with Crippen molar-refractivity contribution in [2.24, 2.45) is 0 Å². The third-order valence-electron chi connectivity index (χ3n) is 3.25. The van der Waals surface area contributed by atoms with Crippen molar-refractivity contribution >= 4 is 10.0 Å². The lowest BCUT2D eigenvalue weighted by Crippen LogP contribution is -2.35. The van der Waals surface area contributed by atoms with Gasteiger partial charge in [-0.3, -0.25) is 4.84 Å². The van der Waals surface area contributed by atoms with Crippen LogP contribution in [0.5, 0.6) is 0 Å². The minimum atomic E-state index is -3.33. The molecule has 4 nitrogen and oxygen atoms in total. The van der Waals surface area contributed by atoms with Crippen LogP contribution < -0.4 is 4.89 Å². The SMILES string of the molecule is O=S(=O)(NOCc1ccccc1)C1CCCCC1. The molecule has 1 N–H and O–H groups in total. The molecule has 100 valence electrons. The number of hydrogen-bond acceptors (Lipinski definition) is 3. The van der Waals surface area contributed by atoms with Crippen LogP contribution >= 0.6 is 0 Å². The molecule has 0 bridgehead atoms. The van der Waals surface area contributed by atoms with Crippen LogP contribution in [-0.2, 0) is 21.5 Å². The van der Waals surface area contributed by atoms with E-state index in [0.717, 1.165) is 37.7 Å². The van der Waals surface area contributed by atoms with Crippen molar-refractivity contribution < 1.29 is 13.3 Å². The molecule has 1 aromatic carbocycles. The summed E-state index contributed by atoms with van der Waals surface area (Å²) in [5.74, 6) is 0. The summed E-state index contributed by atoms with van der Waals surface area (Å²) in [6.07, 6.45) is 4.60. The van der Waals surface area contributed by atoms with Crippen LogP contribution in [0.3, 0.4) is 0 Å². The first-order valence-electron chi connectivity index (χ1n) is 6.35. The predicted octanol–water partition coefficient (Wildman–Crippen LogP) is 2.37. The number of sulfonamides is 1. The third kappa shape index (κ3) is 3.80. The van der Waals surface area contributed by atoms with E-state index in [0.29, 0.717) is 0 Å². The highest BCUT2D eigenvalue weighted by molar-refractivity contribution is 7.89. The molecule has 1 saturated carbocycles. The van der Waals surface area contributed by atoms with Crippen LogP contribution in [0.15, 0.2) is 30.3 Å². The summed E-state index contributed by atoms with van der Waals surface area (Å²) >= 11 is 0. The molecule has 0 aromatic heterocycles. The van der Waals surface area contributed by atoms with E-state index in [1.807, 2.05) is 30.3 Å². The van der Waals surface area contributed by atoms with Crippen molar-refractivity contribution in [3.05, 3.63) is 35.9 Å². The smallest absolute Gasteiger partial charge is 0.236 e. The average molecular weight is 269 g/mol. The fraction of sp³-hybridized carbons (Fsp3) is 0.538.